The maximum absolute atomic E-state index is 11.3. The van der Waals surface area contributed by atoms with E-state index in [9.17, 15) is 4.79 Å². The predicted octanol–water partition coefficient (Wildman–Crippen LogP) is 1.17. The van der Waals surface area contributed by atoms with Crippen LogP contribution in [0.15, 0.2) is 0 Å². The maximum Gasteiger partial charge on any atom is 0.319 e. The third kappa shape index (κ3) is 4.41. The van der Waals surface area contributed by atoms with E-state index in [0.717, 1.165) is 44.9 Å². The zero-order chi connectivity index (χ0) is 14.7. The number of ether oxygens (including phenoxy) is 2. The van der Waals surface area contributed by atoms with E-state index in [1.54, 1.807) is 0 Å². The number of nitrogens with one attached hydrogen (secondary N) is 1. The van der Waals surface area contributed by atoms with Gasteiger partial charge in [-0.3, -0.25) is 9.69 Å². The van der Waals surface area contributed by atoms with Crippen molar-refractivity contribution in [3.05, 3.63) is 0 Å². The topological polar surface area (TPSA) is 50.8 Å². The molecule has 0 unspecified atom stereocenters. The van der Waals surface area contributed by atoms with E-state index in [1.165, 1.54) is 26.4 Å². The van der Waals surface area contributed by atoms with Gasteiger partial charge in [-0.15, -0.1) is 0 Å². The highest BCUT2D eigenvalue weighted by atomic mass is 16.5. The molecule has 3 rings (SSSR count). The van der Waals surface area contributed by atoms with Crippen LogP contribution in [0, 0.1) is 5.92 Å². The van der Waals surface area contributed by atoms with Gasteiger partial charge in [0.15, 0.2) is 0 Å². The molecule has 1 aliphatic carbocycles. The fourth-order valence-corrected chi connectivity index (χ4v) is 3.61. The molecule has 0 bridgehead atoms. The van der Waals surface area contributed by atoms with Crippen LogP contribution >= 0.6 is 0 Å². The Balaban J connectivity index is 1.37. The van der Waals surface area contributed by atoms with E-state index in [0.29, 0.717) is 24.7 Å². The summed E-state index contributed by atoms with van der Waals surface area (Å²) in [6.45, 7) is 3.33. The van der Waals surface area contributed by atoms with Gasteiger partial charge in [-0.05, 0) is 44.4 Å². The molecule has 5 heteroatoms. The first kappa shape index (κ1) is 15.3. The van der Waals surface area contributed by atoms with Crippen LogP contribution in [0.5, 0.6) is 0 Å². The van der Waals surface area contributed by atoms with Gasteiger partial charge in [0.25, 0.3) is 0 Å². The number of hydrogen-bond acceptors (Lipinski definition) is 5. The van der Waals surface area contributed by atoms with Gasteiger partial charge in [-0.25, -0.2) is 0 Å². The van der Waals surface area contributed by atoms with Crippen molar-refractivity contribution in [2.24, 2.45) is 5.92 Å². The molecular formula is C16H28N2O3. The molecule has 0 amide bonds. The van der Waals surface area contributed by atoms with Crippen LogP contribution in [0.2, 0.25) is 0 Å². The van der Waals surface area contributed by atoms with E-state index in [4.69, 9.17) is 9.47 Å². The number of nitrogens with zero attached hydrogens (tertiary/aromatic N) is 1. The molecule has 0 spiro atoms. The Bertz CT molecular complexity index is 351. The summed E-state index contributed by atoms with van der Waals surface area (Å²) in [4.78, 5) is 13.5. The minimum atomic E-state index is -0.127. The summed E-state index contributed by atoms with van der Waals surface area (Å²) in [6.07, 6.45) is 7.83. The molecule has 2 saturated heterocycles. The minimum absolute atomic E-state index is 0.127. The number of likely N-dealkylation sites (tertiary alicyclic amines) is 1. The molecule has 0 aromatic heterocycles. The van der Waals surface area contributed by atoms with Crippen molar-refractivity contribution >= 4 is 5.97 Å². The molecule has 2 atom stereocenters. The lowest BCUT2D eigenvalue weighted by molar-refractivity contribution is -0.142. The SMILES string of the molecule is COC(=O)CN1CCC(N[C@H]2CCO[C@H](C3CC3)C2)CC1. The first-order chi connectivity index (χ1) is 10.2. The predicted molar refractivity (Wildman–Crippen MR) is 80.1 cm³/mol. The molecule has 5 nitrogen and oxygen atoms in total. The van der Waals surface area contributed by atoms with Crippen LogP contribution in [0.4, 0.5) is 0 Å². The Labute approximate surface area is 127 Å². The molecule has 1 saturated carbocycles. The van der Waals surface area contributed by atoms with Gasteiger partial charge < -0.3 is 14.8 Å². The third-order valence-corrected chi connectivity index (χ3v) is 5.10. The van der Waals surface area contributed by atoms with E-state index >= 15 is 0 Å². The quantitative estimate of drug-likeness (QED) is 0.772. The Kier molecular flexibility index (Phi) is 5.14. The standard InChI is InChI=1S/C16H28N2O3/c1-20-16(19)11-18-7-4-13(5-8-18)17-14-6-9-21-15(10-14)12-2-3-12/h12-15,17H,2-11H2,1H3/t14-,15-/m0/s1. The summed E-state index contributed by atoms with van der Waals surface area (Å²) in [5, 5.41) is 3.84. The first-order valence-corrected chi connectivity index (χ1v) is 8.41. The molecule has 21 heavy (non-hydrogen) atoms. The minimum Gasteiger partial charge on any atom is -0.468 e. The molecule has 1 N–H and O–H groups in total. The van der Waals surface area contributed by atoms with Crippen molar-refractivity contribution < 1.29 is 14.3 Å². The van der Waals surface area contributed by atoms with Crippen molar-refractivity contribution in [3.63, 3.8) is 0 Å². The first-order valence-electron chi connectivity index (χ1n) is 8.41. The smallest absolute Gasteiger partial charge is 0.319 e. The number of carbonyl (C=O) groups is 1. The van der Waals surface area contributed by atoms with Gasteiger partial charge in [0.2, 0.25) is 0 Å². The summed E-state index contributed by atoms with van der Waals surface area (Å²) < 4.78 is 10.6. The summed E-state index contributed by atoms with van der Waals surface area (Å²) in [5.41, 5.74) is 0. The van der Waals surface area contributed by atoms with Gasteiger partial charge in [-0.1, -0.05) is 0 Å². The van der Waals surface area contributed by atoms with Gasteiger partial charge in [0.1, 0.15) is 0 Å². The van der Waals surface area contributed by atoms with Crippen molar-refractivity contribution in [1.82, 2.24) is 10.2 Å². The molecule has 3 aliphatic rings. The van der Waals surface area contributed by atoms with Gasteiger partial charge in [0.05, 0.1) is 19.8 Å². The van der Waals surface area contributed by atoms with E-state index in [-0.39, 0.29) is 5.97 Å². The summed E-state index contributed by atoms with van der Waals surface area (Å²) in [7, 11) is 1.46. The zero-order valence-corrected chi connectivity index (χ0v) is 13.1. The lowest BCUT2D eigenvalue weighted by Gasteiger charge is -2.37. The second kappa shape index (κ2) is 7.07. The molecule has 2 aliphatic heterocycles. The summed E-state index contributed by atoms with van der Waals surface area (Å²) >= 11 is 0. The molecule has 0 aromatic rings. The highest BCUT2D eigenvalue weighted by Crippen LogP contribution is 2.38. The number of rotatable bonds is 5. The number of carbonyl (C=O) groups excluding carboxylic acids is 1. The zero-order valence-electron chi connectivity index (χ0n) is 13.1. The molecule has 2 heterocycles. The van der Waals surface area contributed by atoms with Crippen LogP contribution in [0.3, 0.4) is 0 Å². The molecule has 0 aromatic carbocycles. The maximum atomic E-state index is 11.3. The van der Waals surface area contributed by atoms with Crippen molar-refractivity contribution in [3.8, 4) is 0 Å². The van der Waals surface area contributed by atoms with Crippen molar-refractivity contribution in [2.75, 3.05) is 33.4 Å². The number of hydrogen-bond donors (Lipinski definition) is 1. The summed E-state index contributed by atoms with van der Waals surface area (Å²) in [6, 6.07) is 1.23. The van der Waals surface area contributed by atoms with Gasteiger partial charge >= 0.3 is 5.97 Å². The average molecular weight is 296 g/mol. The van der Waals surface area contributed by atoms with Crippen LogP contribution < -0.4 is 5.32 Å². The molecule has 3 fully saturated rings. The van der Waals surface area contributed by atoms with Crippen LogP contribution in [-0.2, 0) is 14.3 Å². The lowest BCUT2D eigenvalue weighted by atomic mass is 9.97. The monoisotopic (exact) mass is 296 g/mol. The number of methoxy groups -OCH3 is 1. The van der Waals surface area contributed by atoms with Crippen molar-refractivity contribution in [2.45, 2.75) is 56.7 Å². The second-order valence-electron chi connectivity index (χ2n) is 6.76. The Morgan fingerprint density at radius 2 is 1.95 bits per heavy atom. The van der Waals surface area contributed by atoms with Crippen LogP contribution in [-0.4, -0.2) is 62.4 Å². The van der Waals surface area contributed by atoms with E-state index in [1.807, 2.05) is 0 Å². The van der Waals surface area contributed by atoms with Crippen molar-refractivity contribution in [1.29, 1.82) is 0 Å². The highest BCUT2D eigenvalue weighted by Gasteiger charge is 2.36. The van der Waals surface area contributed by atoms with Crippen LogP contribution in [0.25, 0.3) is 0 Å². The van der Waals surface area contributed by atoms with E-state index in [2.05, 4.69) is 10.2 Å². The Morgan fingerprint density at radius 3 is 2.62 bits per heavy atom. The molecular weight excluding hydrogens is 268 g/mol. The average Bonchev–Trinajstić information content (AvgIpc) is 3.34. The normalized spacial score (nSPS) is 32.0. The fraction of sp³-hybridized carbons (Fsp3) is 0.938. The third-order valence-electron chi connectivity index (χ3n) is 5.10. The van der Waals surface area contributed by atoms with Gasteiger partial charge in [-0.2, -0.15) is 0 Å². The highest BCUT2D eigenvalue weighted by molar-refractivity contribution is 5.71. The number of piperidine rings is 1. The van der Waals surface area contributed by atoms with E-state index < -0.39 is 0 Å². The second-order valence-corrected chi connectivity index (χ2v) is 6.76. The Morgan fingerprint density at radius 1 is 1.19 bits per heavy atom. The van der Waals surface area contributed by atoms with Crippen LogP contribution in [0.1, 0.15) is 38.5 Å². The molecule has 0 radical (unpaired) electrons. The fourth-order valence-electron chi connectivity index (χ4n) is 3.61. The largest absolute Gasteiger partial charge is 0.468 e. The molecule has 120 valence electrons. The summed E-state index contributed by atoms with van der Waals surface area (Å²) in [5.74, 6) is 0.717. The van der Waals surface area contributed by atoms with Gasteiger partial charge in [0, 0.05) is 31.8 Å². The Hall–Kier alpha value is -0.650. The number of esters is 1. The lowest BCUT2D eigenvalue weighted by Crippen LogP contribution is -2.49.